The van der Waals surface area contributed by atoms with Gasteiger partial charge in [0.15, 0.2) is 11.9 Å². The average Bonchev–Trinajstić information content (AvgIpc) is 2.26. The third kappa shape index (κ3) is 1.97. The van der Waals surface area contributed by atoms with Gasteiger partial charge in [-0.3, -0.25) is 0 Å². The van der Waals surface area contributed by atoms with E-state index in [0.717, 1.165) is 25.8 Å². The zero-order valence-electron chi connectivity index (χ0n) is 9.93. The molecular weight excluding hydrogens is 170 g/mol. The van der Waals surface area contributed by atoms with Gasteiger partial charge in [-0.1, -0.05) is 20.8 Å². The molecular formula is C13H22N+. The van der Waals surface area contributed by atoms with E-state index < -0.39 is 0 Å². The van der Waals surface area contributed by atoms with Gasteiger partial charge in [0.2, 0.25) is 0 Å². The van der Waals surface area contributed by atoms with Crippen LogP contribution < -0.4 is 4.57 Å². The predicted octanol–water partition coefficient (Wildman–Crippen LogP) is 2.68. The molecule has 1 heterocycles. The summed E-state index contributed by atoms with van der Waals surface area (Å²) in [5, 5.41) is 0. The number of nitrogens with zero attached hydrogens (tertiary/aromatic N) is 1. The van der Waals surface area contributed by atoms with E-state index in [1.807, 2.05) is 0 Å². The Labute approximate surface area is 87.8 Å². The van der Waals surface area contributed by atoms with Crippen LogP contribution >= 0.6 is 0 Å². The second kappa shape index (κ2) is 5.14. The van der Waals surface area contributed by atoms with Gasteiger partial charge in [0.05, 0.1) is 0 Å². The summed E-state index contributed by atoms with van der Waals surface area (Å²) in [6.07, 6.45) is 5.69. The maximum absolute atomic E-state index is 2.37. The maximum Gasteiger partial charge on any atom is 0.184 e. The molecule has 0 atom stereocenters. The molecule has 0 radical (unpaired) electrons. The van der Waals surface area contributed by atoms with Crippen LogP contribution in [-0.2, 0) is 25.8 Å². The molecule has 14 heavy (non-hydrogen) atoms. The summed E-state index contributed by atoms with van der Waals surface area (Å²) in [6, 6.07) is 2.28. The third-order valence-corrected chi connectivity index (χ3v) is 2.95. The summed E-state index contributed by atoms with van der Waals surface area (Å²) in [5.74, 6) is 0. The largest absolute Gasteiger partial charge is 0.203 e. The number of rotatable bonds is 4. The fourth-order valence-electron chi connectivity index (χ4n) is 2.20. The molecule has 0 aliphatic rings. The van der Waals surface area contributed by atoms with Gasteiger partial charge in [-0.05, 0) is 25.3 Å². The van der Waals surface area contributed by atoms with Gasteiger partial charge in [0.25, 0.3) is 0 Å². The fraction of sp³-hybridized carbons (Fsp3) is 0.615. The Bertz CT molecular complexity index is 271. The van der Waals surface area contributed by atoms with Crippen LogP contribution in [0.5, 0.6) is 0 Å². The van der Waals surface area contributed by atoms with Crippen LogP contribution in [0.15, 0.2) is 12.3 Å². The number of hydrogen-bond acceptors (Lipinski definition) is 0. The molecule has 0 bridgehead atoms. The lowest BCUT2D eigenvalue weighted by Gasteiger charge is -2.09. The van der Waals surface area contributed by atoms with E-state index in [-0.39, 0.29) is 0 Å². The van der Waals surface area contributed by atoms with Crippen molar-refractivity contribution < 1.29 is 4.57 Å². The molecule has 1 aromatic rings. The Morgan fingerprint density at radius 1 is 1.00 bits per heavy atom. The van der Waals surface area contributed by atoms with E-state index in [4.69, 9.17) is 0 Å². The van der Waals surface area contributed by atoms with Crippen molar-refractivity contribution in [2.24, 2.45) is 0 Å². The molecule has 0 spiro atoms. The highest BCUT2D eigenvalue weighted by Gasteiger charge is 2.14. The minimum atomic E-state index is 1.08. The van der Waals surface area contributed by atoms with Gasteiger partial charge in [-0.25, -0.2) is 4.57 Å². The second-order valence-corrected chi connectivity index (χ2v) is 3.61. The third-order valence-electron chi connectivity index (χ3n) is 2.95. The highest BCUT2D eigenvalue weighted by atomic mass is 14.9. The first-order valence-corrected chi connectivity index (χ1v) is 5.81. The highest BCUT2D eigenvalue weighted by Crippen LogP contribution is 2.13. The molecule has 0 unspecified atom stereocenters. The standard InChI is InChI=1S/C13H22N/c1-5-11-9-10-14(8-4)13(7-3)12(11)6-2/h9-10H,5-8H2,1-4H3/q+1. The highest BCUT2D eigenvalue weighted by molar-refractivity contribution is 5.27. The van der Waals surface area contributed by atoms with Crippen molar-refractivity contribution in [3.8, 4) is 0 Å². The first-order chi connectivity index (χ1) is 6.78. The van der Waals surface area contributed by atoms with Crippen molar-refractivity contribution in [2.45, 2.75) is 53.5 Å². The fourth-order valence-corrected chi connectivity index (χ4v) is 2.20. The van der Waals surface area contributed by atoms with Crippen LogP contribution in [0.4, 0.5) is 0 Å². The minimum Gasteiger partial charge on any atom is -0.203 e. The summed E-state index contributed by atoms with van der Waals surface area (Å²) in [6.45, 7) is 10.0. The smallest absolute Gasteiger partial charge is 0.184 e. The van der Waals surface area contributed by atoms with Gasteiger partial charge in [0, 0.05) is 18.1 Å². The molecule has 1 heteroatoms. The summed E-state index contributed by atoms with van der Waals surface area (Å²) in [5.41, 5.74) is 4.61. The second-order valence-electron chi connectivity index (χ2n) is 3.61. The van der Waals surface area contributed by atoms with Gasteiger partial charge in [-0.15, -0.1) is 0 Å². The van der Waals surface area contributed by atoms with Crippen molar-refractivity contribution >= 4 is 0 Å². The Hall–Kier alpha value is -0.850. The van der Waals surface area contributed by atoms with Crippen LogP contribution in [0.25, 0.3) is 0 Å². The maximum atomic E-state index is 2.37. The Morgan fingerprint density at radius 2 is 1.71 bits per heavy atom. The lowest BCUT2D eigenvalue weighted by atomic mass is 10.00. The van der Waals surface area contributed by atoms with E-state index in [2.05, 4.69) is 44.5 Å². The molecule has 0 aromatic carbocycles. The summed E-state index contributed by atoms with van der Waals surface area (Å²) in [7, 11) is 0. The van der Waals surface area contributed by atoms with Crippen molar-refractivity contribution in [3.63, 3.8) is 0 Å². The van der Waals surface area contributed by atoms with E-state index in [1.165, 1.54) is 11.3 Å². The Balaban J connectivity index is 3.28. The summed E-state index contributed by atoms with van der Waals surface area (Å²) in [4.78, 5) is 0. The van der Waals surface area contributed by atoms with Gasteiger partial charge in [0.1, 0.15) is 6.54 Å². The molecule has 0 fully saturated rings. The zero-order valence-corrected chi connectivity index (χ0v) is 9.93. The van der Waals surface area contributed by atoms with Crippen LogP contribution in [0.3, 0.4) is 0 Å². The lowest BCUT2D eigenvalue weighted by molar-refractivity contribution is -0.701. The van der Waals surface area contributed by atoms with Crippen molar-refractivity contribution in [3.05, 3.63) is 29.1 Å². The van der Waals surface area contributed by atoms with Crippen molar-refractivity contribution in [1.82, 2.24) is 0 Å². The SMILES string of the molecule is CCc1cc[n+](CC)c(CC)c1CC. The van der Waals surface area contributed by atoms with E-state index in [1.54, 1.807) is 5.56 Å². The van der Waals surface area contributed by atoms with E-state index in [9.17, 15) is 0 Å². The number of aromatic nitrogens is 1. The van der Waals surface area contributed by atoms with Gasteiger partial charge >= 0.3 is 0 Å². The Morgan fingerprint density at radius 3 is 2.14 bits per heavy atom. The topological polar surface area (TPSA) is 3.88 Å². The number of hydrogen-bond donors (Lipinski definition) is 0. The first kappa shape index (κ1) is 11.2. The minimum absolute atomic E-state index is 1.08. The van der Waals surface area contributed by atoms with Crippen LogP contribution in [0, 0.1) is 0 Å². The molecule has 1 nitrogen and oxygen atoms in total. The molecule has 0 aliphatic heterocycles. The molecule has 1 rings (SSSR count). The van der Waals surface area contributed by atoms with E-state index in [0.29, 0.717) is 0 Å². The molecule has 0 amide bonds. The van der Waals surface area contributed by atoms with Crippen LogP contribution in [0.1, 0.15) is 44.5 Å². The molecule has 0 saturated carbocycles. The quantitative estimate of drug-likeness (QED) is 0.646. The summed E-state index contributed by atoms with van der Waals surface area (Å²) < 4.78 is 2.37. The Kier molecular flexibility index (Phi) is 4.12. The predicted molar refractivity (Wildman–Crippen MR) is 60.4 cm³/mol. The molecule has 0 aliphatic carbocycles. The molecule has 0 N–H and O–H groups in total. The molecule has 78 valence electrons. The van der Waals surface area contributed by atoms with Crippen molar-refractivity contribution in [2.75, 3.05) is 0 Å². The summed E-state index contributed by atoms with van der Waals surface area (Å²) >= 11 is 0. The number of aryl methyl sites for hydroxylation is 2. The van der Waals surface area contributed by atoms with Crippen molar-refractivity contribution in [1.29, 1.82) is 0 Å². The zero-order chi connectivity index (χ0) is 10.6. The lowest BCUT2D eigenvalue weighted by Crippen LogP contribution is -2.38. The number of pyridine rings is 1. The van der Waals surface area contributed by atoms with Crippen LogP contribution in [0.2, 0.25) is 0 Å². The van der Waals surface area contributed by atoms with Gasteiger partial charge < -0.3 is 0 Å². The first-order valence-electron chi connectivity index (χ1n) is 5.81. The normalized spacial score (nSPS) is 10.6. The van der Waals surface area contributed by atoms with Crippen LogP contribution in [-0.4, -0.2) is 0 Å². The van der Waals surface area contributed by atoms with E-state index >= 15 is 0 Å². The average molecular weight is 192 g/mol. The monoisotopic (exact) mass is 192 g/mol. The molecule has 0 saturated heterocycles. The molecule has 1 aromatic heterocycles. The van der Waals surface area contributed by atoms with Gasteiger partial charge in [-0.2, -0.15) is 0 Å².